The summed E-state index contributed by atoms with van der Waals surface area (Å²) < 4.78 is 86.7. The molecule has 2 amide bonds. The Morgan fingerprint density at radius 3 is 2.38 bits per heavy atom. The molecule has 0 spiro atoms. The highest BCUT2D eigenvalue weighted by atomic mass is 35.5. The lowest BCUT2D eigenvalue weighted by atomic mass is 10.0. The average molecular weight is 684 g/mol. The number of likely N-dealkylation sites (tertiary alicyclic amines) is 1. The Morgan fingerprint density at radius 2 is 1.79 bits per heavy atom. The van der Waals surface area contributed by atoms with Gasteiger partial charge in [0, 0.05) is 24.4 Å². The van der Waals surface area contributed by atoms with Gasteiger partial charge in [-0.15, -0.1) is 0 Å². The number of alkyl halides is 6. The summed E-state index contributed by atoms with van der Waals surface area (Å²) in [5, 5.41) is 7.39. The minimum Gasteiger partial charge on any atom is -0.447 e. The van der Waals surface area contributed by atoms with Gasteiger partial charge in [-0.1, -0.05) is 29.8 Å². The number of hydrogen-bond acceptors (Lipinski definition) is 7. The van der Waals surface area contributed by atoms with Crippen LogP contribution in [0, 0.1) is 0 Å². The van der Waals surface area contributed by atoms with Crippen molar-refractivity contribution in [3.05, 3.63) is 83.2 Å². The molecule has 1 fully saturated rings. The zero-order chi connectivity index (χ0) is 34.0. The van der Waals surface area contributed by atoms with Gasteiger partial charge in [0.25, 0.3) is 18.3 Å². The topological polar surface area (TPSA) is 137 Å². The number of nitrogens with zero attached hydrogens (tertiary/aromatic N) is 8. The van der Waals surface area contributed by atoms with Gasteiger partial charge in [0.15, 0.2) is 11.8 Å². The molecular formula is C28H24ClF6N9O3. The number of nitrogens with two attached hydrogens (primary N) is 1. The zero-order valence-corrected chi connectivity index (χ0v) is 24.9. The van der Waals surface area contributed by atoms with Crippen LogP contribution < -0.4 is 5.73 Å². The van der Waals surface area contributed by atoms with Gasteiger partial charge in [0.05, 0.1) is 36.0 Å². The number of hydrogen-bond donors (Lipinski definition) is 1. The van der Waals surface area contributed by atoms with Gasteiger partial charge in [-0.2, -0.15) is 19.0 Å². The number of halogens is 7. The van der Waals surface area contributed by atoms with Crippen molar-refractivity contribution in [2.75, 3.05) is 26.7 Å². The summed E-state index contributed by atoms with van der Waals surface area (Å²) in [7, 11) is 1.28. The zero-order valence-electron chi connectivity index (χ0n) is 24.2. The molecule has 0 unspecified atom stereocenters. The smallest absolute Gasteiger partial charge is 0.410 e. The number of amides is 2. The summed E-state index contributed by atoms with van der Waals surface area (Å²) in [5.74, 6) is -4.94. The normalized spacial score (nSPS) is 15.1. The molecule has 19 heteroatoms. The first-order valence-electron chi connectivity index (χ1n) is 13.6. The highest BCUT2D eigenvalue weighted by Crippen LogP contribution is 2.33. The molecule has 12 nitrogen and oxygen atoms in total. The lowest BCUT2D eigenvalue weighted by Gasteiger charge is -2.38. The fraction of sp³-hybridized carbons (Fsp3) is 0.286. The van der Waals surface area contributed by atoms with Crippen molar-refractivity contribution < 1.29 is 40.7 Å². The summed E-state index contributed by atoms with van der Waals surface area (Å²) in [6.45, 7) is -5.23. The molecule has 0 radical (unpaired) electrons. The van der Waals surface area contributed by atoms with E-state index in [-0.39, 0.29) is 27.8 Å². The van der Waals surface area contributed by atoms with E-state index in [2.05, 4.69) is 20.2 Å². The fourth-order valence-corrected chi connectivity index (χ4v) is 4.94. The Bertz CT molecular complexity index is 1790. The first-order chi connectivity index (χ1) is 22.3. The molecule has 1 atom stereocenters. The number of ether oxygens (including phenoxy) is 1. The van der Waals surface area contributed by atoms with Gasteiger partial charge in [-0.25, -0.2) is 36.7 Å². The second-order valence-corrected chi connectivity index (χ2v) is 10.6. The number of carbonyl (C=O) groups is 2. The van der Waals surface area contributed by atoms with Crippen molar-refractivity contribution >= 4 is 29.6 Å². The van der Waals surface area contributed by atoms with Gasteiger partial charge in [0.2, 0.25) is 0 Å². The maximum atomic E-state index is 14.0. The highest BCUT2D eigenvalue weighted by Gasteiger charge is 2.47. The van der Waals surface area contributed by atoms with Crippen molar-refractivity contribution in [1.29, 1.82) is 0 Å². The largest absolute Gasteiger partial charge is 0.447 e. The molecule has 248 valence electrons. The Kier molecular flexibility index (Phi) is 9.41. The van der Waals surface area contributed by atoms with E-state index < -0.39 is 62.5 Å². The molecule has 2 aromatic carbocycles. The maximum absolute atomic E-state index is 14.0. The first-order valence-corrected chi connectivity index (χ1v) is 13.9. The van der Waals surface area contributed by atoms with Gasteiger partial charge >= 0.3 is 12.6 Å². The second-order valence-electron chi connectivity index (χ2n) is 10.2. The van der Waals surface area contributed by atoms with Crippen molar-refractivity contribution in [1.82, 2.24) is 34.3 Å². The highest BCUT2D eigenvalue weighted by molar-refractivity contribution is 6.32. The average Bonchev–Trinajstić information content (AvgIpc) is 3.73. The van der Waals surface area contributed by atoms with Gasteiger partial charge in [-0.3, -0.25) is 19.6 Å². The van der Waals surface area contributed by atoms with E-state index in [1.165, 1.54) is 55.7 Å². The number of aromatic nitrogens is 5. The Balaban J connectivity index is 1.52. The minimum absolute atomic E-state index is 0.0273. The molecule has 0 aliphatic carbocycles. The van der Waals surface area contributed by atoms with E-state index >= 15 is 0 Å². The molecule has 1 saturated heterocycles. The Labute approximate surface area is 267 Å². The third kappa shape index (κ3) is 7.01. The van der Waals surface area contributed by atoms with E-state index in [9.17, 15) is 35.9 Å². The molecular weight excluding hydrogens is 660 g/mol. The number of benzene rings is 2. The van der Waals surface area contributed by atoms with Crippen molar-refractivity contribution in [3.8, 4) is 16.8 Å². The van der Waals surface area contributed by atoms with Crippen LogP contribution >= 0.6 is 11.6 Å². The molecule has 4 aromatic rings. The van der Waals surface area contributed by atoms with Crippen molar-refractivity contribution in [2.24, 2.45) is 10.7 Å². The maximum Gasteiger partial charge on any atom is 0.410 e. The van der Waals surface area contributed by atoms with E-state index in [4.69, 9.17) is 22.1 Å². The van der Waals surface area contributed by atoms with Crippen LogP contribution in [0.2, 0.25) is 5.02 Å². The lowest BCUT2D eigenvalue weighted by molar-refractivity contribution is -0.120. The quantitative estimate of drug-likeness (QED) is 0.143. The Hall–Kier alpha value is -5.13. The summed E-state index contributed by atoms with van der Waals surface area (Å²) >= 11 is 6.33. The predicted molar refractivity (Wildman–Crippen MR) is 155 cm³/mol. The predicted octanol–water partition coefficient (Wildman–Crippen LogP) is 5.33. The van der Waals surface area contributed by atoms with Crippen LogP contribution in [0.5, 0.6) is 0 Å². The summed E-state index contributed by atoms with van der Waals surface area (Å²) in [4.78, 5) is 35.8. The van der Waals surface area contributed by atoms with Crippen LogP contribution in [0.25, 0.3) is 16.8 Å². The van der Waals surface area contributed by atoms with Crippen LogP contribution in [0.15, 0.2) is 66.2 Å². The summed E-state index contributed by atoms with van der Waals surface area (Å²) in [5.41, 5.74) is 7.11. The molecule has 5 rings (SSSR count). The van der Waals surface area contributed by atoms with Crippen LogP contribution in [0.4, 0.5) is 31.1 Å². The standard InChI is InChI=1S/C28H24ClF6N9O3/c1-37-26(36)43(24(45)16-4-2-15(3-5-16)18-9-39-42(10-18)25(32)33)21(11-47-27(46)41-12-28(34,35)13-41)17-6-7-19(29)20(8-17)44-23(22(30)31)38-14-40-44/h2-10,14,21-22,25H,11-13H2,1H3,(H2,36,37)/t21-/m1/s1. The van der Waals surface area contributed by atoms with E-state index in [1.54, 1.807) is 0 Å². The molecule has 3 heterocycles. The van der Waals surface area contributed by atoms with Gasteiger partial charge < -0.3 is 10.5 Å². The van der Waals surface area contributed by atoms with E-state index in [0.29, 0.717) is 15.8 Å². The minimum atomic E-state index is -3.07. The number of aliphatic imine (C=N–C) groups is 1. The van der Waals surface area contributed by atoms with E-state index in [0.717, 1.165) is 27.0 Å². The lowest BCUT2D eigenvalue weighted by Crippen LogP contribution is -2.58. The van der Waals surface area contributed by atoms with Crippen molar-refractivity contribution in [2.45, 2.75) is 24.9 Å². The van der Waals surface area contributed by atoms with Gasteiger partial charge in [0.1, 0.15) is 12.9 Å². The third-order valence-electron chi connectivity index (χ3n) is 7.09. The second kappa shape index (κ2) is 13.3. The third-order valence-corrected chi connectivity index (χ3v) is 7.41. The molecule has 0 saturated carbocycles. The first kappa shape index (κ1) is 33.2. The molecule has 1 aliphatic heterocycles. The molecule has 47 heavy (non-hydrogen) atoms. The van der Waals surface area contributed by atoms with Crippen LogP contribution in [0.1, 0.15) is 40.8 Å². The summed E-state index contributed by atoms with van der Waals surface area (Å²) in [6.07, 6.45) is -0.883. The number of rotatable bonds is 9. The number of guanidine groups is 1. The monoisotopic (exact) mass is 683 g/mol. The molecule has 2 aromatic heterocycles. The van der Waals surface area contributed by atoms with E-state index in [1.807, 2.05) is 0 Å². The molecule has 1 aliphatic rings. The molecule has 0 bridgehead atoms. The van der Waals surface area contributed by atoms with Crippen LogP contribution in [-0.2, 0) is 4.74 Å². The number of carbonyl (C=O) groups excluding carboxylic acids is 2. The van der Waals surface area contributed by atoms with Crippen LogP contribution in [-0.4, -0.2) is 85.0 Å². The molecule has 2 N–H and O–H groups in total. The van der Waals surface area contributed by atoms with Gasteiger partial charge in [-0.05, 0) is 35.4 Å². The van der Waals surface area contributed by atoms with Crippen molar-refractivity contribution in [3.63, 3.8) is 0 Å². The summed E-state index contributed by atoms with van der Waals surface area (Å²) in [6, 6.07) is 8.45. The Morgan fingerprint density at radius 1 is 1.09 bits per heavy atom. The SMILES string of the molecule is CN=C(N)N(C(=O)c1ccc(-c2cnn(C(F)F)c2)cc1)[C@H](COC(=O)N1CC(F)(F)C1)c1ccc(Cl)c(-n2ncnc2C(F)F)c1. The van der Waals surface area contributed by atoms with Crippen LogP contribution in [0.3, 0.4) is 0 Å². The fourth-order valence-electron chi connectivity index (χ4n) is 4.74.